The summed E-state index contributed by atoms with van der Waals surface area (Å²) in [4.78, 5) is 3.13. The average molecular weight is 238 g/mol. The lowest BCUT2D eigenvalue weighted by Gasteiger charge is -2.23. The minimum atomic E-state index is -2.49. The molecule has 92 valence electrons. The summed E-state index contributed by atoms with van der Waals surface area (Å²) in [6.07, 6.45) is 0.202. The van der Waals surface area contributed by atoms with Crippen LogP contribution in [0, 0.1) is 0 Å². The molecular weight excluding hydrogens is 222 g/mol. The molecule has 4 heteroatoms. The summed E-state index contributed by atoms with van der Waals surface area (Å²) in [7, 11) is 0. The minimum Gasteiger partial charge on any atom is -0.361 e. The molecule has 1 unspecified atom stereocenters. The Kier molecular flexibility index (Phi) is 3.15. The number of fused-ring (bicyclic) bond motifs is 1. The normalized spacial score (nSPS) is 15.4. The van der Waals surface area contributed by atoms with Crippen LogP contribution in [0.4, 0.5) is 8.78 Å². The highest BCUT2D eigenvalue weighted by atomic mass is 19.3. The van der Waals surface area contributed by atoms with Gasteiger partial charge < -0.3 is 10.7 Å². The van der Waals surface area contributed by atoms with Gasteiger partial charge in [-0.3, -0.25) is 0 Å². The van der Waals surface area contributed by atoms with Gasteiger partial charge in [0.15, 0.2) is 0 Å². The summed E-state index contributed by atoms with van der Waals surface area (Å²) in [5, 5.41) is 1.08. The van der Waals surface area contributed by atoms with Gasteiger partial charge in [-0.15, -0.1) is 0 Å². The summed E-state index contributed by atoms with van der Waals surface area (Å²) in [6, 6.07) is 7.83. The number of benzene rings is 1. The van der Waals surface area contributed by atoms with Crippen molar-refractivity contribution >= 4 is 10.9 Å². The second kappa shape index (κ2) is 4.45. The topological polar surface area (TPSA) is 41.8 Å². The fraction of sp³-hybridized carbons (Fsp3) is 0.385. The first-order valence-electron chi connectivity index (χ1n) is 5.63. The monoisotopic (exact) mass is 238 g/mol. The van der Waals surface area contributed by atoms with Crippen molar-refractivity contribution in [2.75, 3.05) is 0 Å². The molecule has 2 rings (SSSR count). The second-order valence-electron chi connectivity index (χ2n) is 4.67. The molecule has 0 fully saturated rings. The maximum Gasteiger partial charge on any atom is 0.256 e. The highest BCUT2D eigenvalue weighted by Gasteiger charge is 2.29. The molecular formula is C13H16F2N2. The van der Waals surface area contributed by atoms with Crippen molar-refractivity contribution in [2.24, 2.45) is 5.73 Å². The fourth-order valence-electron chi connectivity index (χ4n) is 1.85. The zero-order chi connectivity index (χ0) is 12.5. The maximum absolute atomic E-state index is 12.6. The van der Waals surface area contributed by atoms with Crippen molar-refractivity contribution in [3.8, 4) is 0 Å². The van der Waals surface area contributed by atoms with Gasteiger partial charge in [-0.25, -0.2) is 8.78 Å². The molecule has 3 N–H and O–H groups in total. The number of aromatic amines is 1. The number of alkyl halides is 2. The Morgan fingerprint density at radius 3 is 2.76 bits per heavy atom. The molecule has 0 amide bonds. The van der Waals surface area contributed by atoms with Crippen LogP contribution in [0.3, 0.4) is 0 Å². The van der Waals surface area contributed by atoms with E-state index in [0.717, 1.165) is 16.5 Å². The van der Waals surface area contributed by atoms with Crippen molar-refractivity contribution in [3.05, 3.63) is 36.0 Å². The molecule has 0 saturated carbocycles. The first-order valence-corrected chi connectivity index (χ1v) is 5.63. The zero-order valence-electron chi connectivity index (χ0n) is 9.71. The van der Waals surface area contributed by atoms with E-state index in [1.54, 1.807) is 0 Å². The molecule has 1 heterocycles. The number of rotatable bonds is 4. The Morgan fingerprint density at radius 1 is 1.35 bits per heavy atom. The van der Waals surface area contributed by atoms with Crippen LogP contribution >= 0.6 is 0 Å². The Hall–Kier alpha value is -1.42. The Balaban J connectivity index is 2.14. The number of H-pyrrole nitrogens is 1. The summed E-state index contributed by atoms with van der Waals surface area (Å²) >= 11 is 0. The van der Waals surface area contributed by atoms with Crippen LogP contribution in [0.15, 0.2) is 30.5 Å². The number of nitrogens with two attached hydrogens (primary N) is 1. The number of nitrogens with one attached hydrogen (secondary N) is 1. The third-order valence-corrected chi connectivity index (χ3v) is 3.11. The Labute approximate surface area is 98.8 Å². The number of aromatic nitrogens is 1. The lowest BCUT2D eigenvalue weighted by atomic mass is 9.95. The first kappa shape index (κ1) is 12.0. The van der Waals surface area contributed by atoms with Crippen molar-refractivity contribution in [3.63, 3.8) is 0 Å². The number of halogens is 2. The van der Waals surface area contributed by atoms with E-state index >= 15 is 0 Å². The first-order chi connectivity index (χ1) is 8.00. The minimum absolute atomic E-state index is 0.270. The quantitative estimate of drug-likeness (QED) is 0.844. The fourth-order valence-corrected chi connectivity index (χ4v) is 1.85. The lowest BCUT2D eigenvalue weighted by molar-refractivity contribution is 0.0592. The van der Waals surface area contributed by atoms with Crippen LogP contribution in [0.2, 0.25) is 0 Å². The van der Waals surface area contributed by atoms with Crippen LogP contribution in [0.25, 0.3) is 10.9 Å². The summed E-state index contributed by atoms with van der Waals surface area (Å²) in [5.74, 6) is 0. The van der Waals surface area contributed by atoms with Gasteiger partial charge >= 0.3 is 0 Å². The van der Waals surface area contributed by atoms with Crippen LogP contribution in [0.1, 0.15) is 18.9 Å². The van der Waals surface area contributed by atoms with Gasteiger partial charge in [-0.05, 0) is 31.4 Å². The van der Waals surface area contributed by atoms with E-state index in [1.807, 2.05) is 30.5 Å². The Morgan fingerprint density at radius 2 is 2.06 bits per heavy atom. The predicted molar refractivity (Wildman–Crippen MR) is 65.2 cm³/mol. The van der Waals surface area contributed by atoms with Crippen molar-refractivity contribution < 1.29 is 8.78 Å². The number of aryl methyl sites for hydroxylation is 1. The third-order valence-electron chi connectivity index (χ3n) is 3.11. The highest BCUT2D eigenvalue weighted by Crippen LogP contribution is 2.23. The van der Waals surface area contributed by atoms with E-state index in [1.165, 1.54) is 6.92 Å². The average Bonchev–Trinajstić information content (AvgIpc) is 2.69. The predicted octanol–water partition coefficient (Wildman–Crippen LogP) is 3.08. The molecule has 0 aliphatic carbocycles. The van der Waals surface area contributed by atoms with Crippen molar-refractivity contribution in [2.45, 2.75) is 31.7 Å². The van der Waals surface area contributed by atoms with Gasteiger partial charge in [0.2, 0.25) is 0 Å². The molecule has 2 nitrogen and oxygen atoms in total. The zero-order valence-corrected chi connectivity index (χ0v) is 9.71. The van der Waals surface area contributed by atoms with Crippen LogP contribution in [0.5, 0.6) is 0 Å². The molecule has 0 bridgehead atoms. The van der Waals surface area contributed by atoms with Gasteiger partial charge in [-0.2, -0.15) is 0 Å². The third kappa shape index (κ3) is 2.47. The van der Waals surface area contributed by atoms with E-state index in [2.05, 4.69) is 4.98 Å². The standard InChI is InChI=1S/C13H16F2N2/c1-13(16,12(14)15)7-6-9-8-17-11-5-3-2-4-10(9)11/h2-5,8,12,17H,6-7,16H2,1H3. The molecule has 1 atom stereocenters. The number of para-hydroxylation sites is 1. The maximum atomic E-state index is 12.6. The molecule has 0 radical (unpaired) electrons. The molecule has 0 aliphatic rings. The van der Waals surface area contributed by atoms with Gasteiger partial charge in [-0.1, -0.05) is 18.2 Å². The molecule has 0 saturated heterocycles. The van der Waals surface area contributed by atoms with Gasteiger partial charge in [0.1, 0.15) is 0 Å². The second-order valence-corrected chi connectivity index (χ2v) is 4.67. The number of hydrogen-bond acceptors (Lipinski definition) is 1. The molecule has 0 aliphatic heterocycles. The van der Waals surface area contributed by atoms with Crippen LogP contribution < -0.4 is 5.73 Å². The van der Waals surface area contributed by atoms with E-state index in [-0.39, 0.29) is 6.42 Å². The van der Waals surface area contributed by atoms with Gasteiger partial charge in [0.05, 0.1) is 5.54 Å². The molecule has 1 aromatic carbocycles. The molecule has 0 spiro atoms. The van der Waals surface area contributed by atoms with Gasteiger partial charge in [0, 0.05) is 17.1 Å². The molecule has 17 heavy (non-hydrogen) atoms. The lowest BCUT2D eigenvalue weighted by Crippen LogP contribution is -2.44. The summed E-state index contributed by atoms with van der Waals surface area (Å²) in [5.41, 5.74) is 6.21. The molecule has 2 aromatic rings. The molecule has 1 aromatic heterocycles. The van der Waals surface area contributed by atoms with Crippen LogP contribution in [-0.2, 0) is 6.42 Å². The Bertz CT molecular complexity index is 503. The summed E-state index contributed by atoms with van der Waals surface area (Å²) in [6.45, 7) is 1.40. The SMILES string of the molecule is CC(N)(CCc1c[nH]c2ccccc12)C(F)F. The van der Waals surface area contributed by atoms with E-state index in [9.17, 15) is 8.78 Å². The van der Waals surface area contributed by atoms with E-state index < -0.39 is 12.0 Å². The van der Waals surface area contributed by atoms with Gasteiger partial charge in [0.25, 0.3) is 6.43 Å². The van der Waals surface area contributed by atoms with Crippen LogP contribution in [-0.4, -0.2) is 16.9 Å². The smallest absolute Gasteiger partial charge is 0.256 e. The highest BCUT2D eigenvalue weighted by molar-refractivity contribution is 5.83. The largest absolute Gasteiger partial charge is 0.361 e. The van der Waals surface area contributed by atoms with E-state index in [4.69, 9.17) is 5.73 Å². The van der Waals surface area contributed by atoms with E-state index in [0.29, 0.717) is 6.42 Å². The number of hydrogen-bond donors (Lipinski definition) is 2. The van der Waals surface area contributed by atoms with Crippen molar-refractivity contribution in [1.29, 1.82) is 0 Å². The van der Waals surface area contributed by atoms with Crippen molar-refractivity contribution in [1.82, 2.24) is 4.98 Å². The summed E-state index contributed by atoms with van der Waals surface area (Å²) < 4.78 is 25.2.